The van der Waals surface area contributed by atoms with Gasteiger partial charge in [-0.1, -0.05) is 62.4 Å². The van der Waals surface area contributed by atoms with E-state index in [1.165, 1.54) is 0 Å². The molecule has 0 bridgehead atoms. The summed E-state index contributed by atoms with van der Waals surface area (Å²) in [6.07, 6.45) is 2.86. The van der Waals surface area contributed by atoms with Crippen LogP contribution in [0.2, 0.25) is 0 Å². The fourth-order valence-electron chi connectivity index (χ4n) is 4.68. The van der Waals surface area contributed by atoms with Gasteiger partial charge in [0.1, 0.15) is 17.8 Å². The molecule has 2 aromatic carbocycles. The summed E-state index contributed by atoms with van der Waals surface area (Å²) in [6.45, 7) is 7.55. The van der Waals surface area contributed by atoms with Gasteiger partial charge in [0.25, 0.3) is 0 Å². The SMILES string of the molecule is CCOC(=O)c1nc([C@@H](Cc2c[nH]c3ccccc23)NC(=O)[C@H](CC(C)C)NC(=O)Cc2ccccc2)oc1C. The number of carbonyl (C=O) groups excluding carboxylic acids is 3. The molecule has 0 aliphatic rings. The average Bonchev–Trinajstić information content (AvgIpc) is 3.51. The normalized spacial score (nSPS) is 12.7. The number of H-pyrrole nitrogens is 1. The van der Waals surface area contributed by atoms with Crippen molar-refractivity contribution in [3.8, 4) is 0 Å². The lowest BCUT2D eigenvalue weighted by molar-refractivity contribution is -0.129. The summed E-state index contributed by atoms with van der Waals surface area (Å²) >= 11 is 0. The topological polar surface area (TPSA) is 126 Å². The van der Waals surface area contributed by atoms with E-state index < -0.39 is 18.1 Å². The third-order valence-electron chi connectivity index (χ3n) is 6.56. The van der Waals surface area contributed by atoms with Crippen molar-refractivity contribution in [1.82, 2.24) is 20.6 Å². The first-order valence-electron chi connectivity index (χ1n) is 13.6. The number of oxazole rings is 1. The monoisotopic (exact) mass is 544 g/mol. The van der Waals surface area contributed by atoms with E-state index in [1.807, 2.05) is 74.6 Å². The van der Waals surface area contributed by atoms with E-state index in [-0.39, 0.29) is 42.3 Å². The third-order valence-corrected chi connectivity index (χ3v) is 6.56. The highest BCUT2D eigenvalue weighted by molar-refractivity contribution is 5.89. The smallest absolute Gasteiger partial charge is 0.360 e. The van der Waals surface area contributed by atoms with Gasteiger partial charge in [0.2, 0.25) is 17.7 Å². The number of amides is 2. The van der Waals surface area contributed by atoms with Crippen LogP contribution in [-0.4, -0.2) is 40.4 Å². The molecule has 2 heterocycles. The summed E-state index contributed by atoms with van der Waals surface area (Å²) in [5.74, 6) is -0.526. The number of fused-ring (bicyclic) bond motifs is 1. The molecule has 0 saturated carbocycles. The van der Waals surface area contributed by atoms with E-state index in [9.17, 15) is 14.4 Å². The van der Waals surface area contributed by atoms with Crippen molar-refractivity contribution in [2.45, 2.75) is 59.0 Å². The average molecular weight is 545 g/mol. The van der Waals surface area contributed by atoms with Crippen molar-refractivity contribution in [2.75, 3.05) is 6.61 Å². The van der Waals surface area contributed by atoms with Crippen molar-refractivity contribution in [1.29, 1.82) is 0 Å². The van der Waals surface area contributed by atoms with Crippen molar-refractivity contribution < 1.29 is 23.5 Å². The molecule has 0 saturated heterocycles. The van der Waals surface area contributed by atoms with Crippen LogP contribution in [0.25, 0.3) is 10.9 Å². The Morgan fingerprint density at radius 1 is 1.02 bits per heavy atom. The molecule has 4 aromatic rings. The Balaban J connectivity index is 1.60. The number of aromatic amines is 1. The van der Waals surface area contributed by atoms with Crippen molar-refractivity contribution in [2.24, 2.45) is 5.92 Å². The Bertz CT molecular complexity index is 1460. The van der Waals surface area contributed by atoms with Crippen LogP contribution < -0.4 is 10.6 Å². The number of aryl methyl sites for hydroxylation is 1. The number of hydrogen-bond acceptors (Lipinski definition) is 6. The molecule has 2 atom stereocenters. The van der Waals surface area contributed by atoms with Crippen LogP contribution in [-0.2, 0) is 27.2 Å². The molecule has 0 fully saturated rings. The maximum Gasteiger partial charge on any atom is 0.360 e. The minimum atomic E-state index is -0.762. The fraction of sp³-hybridized carbons (Fsp3) is 0.355. The molecule has 40 heavy (non-hydrogen) atoms. The van der Waals surface area contributed by atoms with Crippen LogP contribution in [0.1, 0.15) is 66.5 Å². The Kier molecular flexibility index (Phi) is 9.37. The number of esters is 1. The minimum Gasteiger partial charge on any atom is -0.461 e. The zero-order chi connectivity index (χ0) is 28.6. The van der Waals surface area contributed by atoms with Crippen LogP contribution in [0, 0.1) is 12.8 Å². The van der Waals surface area contributed by atoms with Gasteiger partial charge < -0.3 is 24.8 Å². The molecule has 0 radical (unpaired) electrons. The van der Waals surface area contributed by atoms with Gasteiger partial charge in [0.05, 0.1) is 13.0 Å². The lowest BCUT2D eigenvalue weighted by Crippen LogP contribution is -2.49. The summed E-state index contributed by atoms with van der Waals surface area (Å²) in [7, 11) is 0. The highest BCUT2D eigenvalue weighted by Gasteiger charge is 2.30. The summed E-state index contributed by atoms with van der Waals surface area (Å²) < 4.78 is 11.0. The molecule has 2 amide bonds. The number of para-hydroxylation sites is 1. The van der Waals surface area contributed by atoms with E-state index >= 15 is 0 Å². The summed E-state index contributed by atoms with van der Waals surface area (Å²) in [6, 6.07) is 15.8. The van der Waals surface area contributed by atoms with Gasteiger partial charge in [0.15, 0.2) is 5.69 Å². The van der Waals surface area contributed by atoms with Gasteiger partial charge in [-0.05, 0) is 43.4 Å². The number of nitrogens with zero attached hydrogens (tertiary/aromatic N) is 1. The maximum absolute atomic E-state index is 13.7. The molecule has 0 aliphatic heterocycles. The van der Waals surface area contributed by atoms with Gasteiger partial charge >= 0.3 is 5.97 Å². The number of ether oxygens (including phenoxy) is 1. The molecule has 3 N–H and O–H groups in total. The number of carbonyl (C=O) groups is 3. The summed E-state index contributed by atoms with van der Waals surface area (Å²) in [5.41, 5.74) is 2.85. The number of benzene rings is 2. The highest BCUT2D eigenvalue weighted by Crippen LogP contribution is 2.26. The first kappa shape index (κ1) is 28.6. The molecular weight excluding hydrogens is 508 g/mol. The largest absolute Gasteiger partial charge is 0.461 e. The molecule has 0 aliphatic carbocycles. The lowest BCUT2D eigenvalue weighted by atomic mass is 10.0. The molecule has 4 rings (SSSR count). The molecular formula is C31H36N4O5. The third kappa shape index (κ3) is 7.16. The quantitative estimate of drug-likeness (QED) is 0.220. The number of nitrogens with one attached hydrogen (secondary N) is 3. The van der Waals surface area contributed by atoms with Gasteiger partial charge in [-0.3, -0.25) is 9.59 Å². The zero-order valence-corrected chi connectivity index (χ0v) is 23.3. The Morgan fingerprint density at radius 2 is 1.75 bits per heavy atom. The molecule has 0 unspecified atom stereocenters. The number of rotatable bonds is 12. The van der Waals surface area contributed by atoms with E-state index in [0.717, 1.165) is 22.0 Å². The highest BCUT2D eigenvalue weighted by atomic mass is 16.5. The van der Waals surface area contributed by atoms with Crippen LogP contribution in [0.5, 0.6) is 0 Å². The molecule has 9 nitrogen and oxygen atoms in total. The Hall–Kier alpha value is -4.40. The van der Waals surface area contributed by atoms with Crippen LogP contribution in [0.15, 0.2) is 65.2 Å². The molecule has 2 aromatic heterocycles. The molecule has 210 valence electrons. The van der Waals surface area contributed by atoms with E-state index in [0.29, 0.717) is 18.6 Å². The van der Waals surface area contributed by atoms with Gasteiger partial charge in [-0.25, -0.2) is 9.78 Å². The number of aromatic nitrogens is 2. The van der Waals surface area contributed by atoms with Crippen molar-refractivity contribution >= 4 is 28.7 Å². The molecule has 9 heteroatoms. The van der Waals surface area contributed by atoms with Crippen molar-refractivity contribution in [3.63, 3.8) is 0 Å². The van der Waals surface area contributed by atoms with E-state index in [2.05, 4.69) is 20.6 Å². The predicted molar refractivity (Wildman–Crippen MR) is 152 cm³/mol. The number of hydrogen-bond donors (Lipinski definition) is 3. The second-order valence-electron chi connectivity index (χ2n) is 10.2. The predicted octanol–water partition coefficient (Wildman–Crippen LogP) is 4.81. The van der Waals surface area contributed by atoms with Crippen LogP contribution in [0.3, 0.4) is 0 Å². The van der Waals surface area contributed by atoms with E-state index in [4.69, 9.17) is 9.15 Å². The van der Waals surface area contributed by atoms with Gasteiger partial charge in [0, 0.05) is 23.5 Å². The Labute approximate surface area is 233 Å². The Morgan fingerprint density at radius 3 is 2.48 bits per heavy atom. The fourth-order valence-corrected chi connectivity index (χ4v) is 4.68. The summed E-state index contributed by atoms with van der Waals surface area (Å²) in [5, 5.41) is 6.96. The van der Waals surface area contributed by atoms with Gasteiger partial charge in [-0.2, -0.15) is 0 Å². The maximum atomic E-state index is 13.7. The molecule has 0 spiro atoms. The van der Waals surface area contributed by atoms with E-state index in [1.54, 1.807) is 13.8 Å². The van der Waals surface area contributed by atoms with Crippen molar-refractivity contribution in [3.05, 3.63) is 89.3 Å². The first-order valence-corrected chi connectivity index (χ1v) is 13.6. The lowest BCUT2D eigenvalue weighted by Gasteiger charge is -2.23. The second kappa shape index (κ2) is 13.1. The van der Waals surface area contributed by atoms with Crippen LogP contribution >= 0.6 is 0 Å². The zero-order valence-electron chi connectivity index (χ0n) is 23.3. The first-order chi connectivity index (χ1) is 19.2. The minimum absolute atomic E-state index is 0.0740. The standard InChI is InChI=1S/C31H36N4O5/c1-5-39-31(38)28-20(4)40-30(35-28)26(17-22-18-32-24-14-10-9-13-23(22)24)34-29(37)25(15-19(2)3)33-27(36)16-21-11-7-6-8-12-21/h6-14,18-19,25-26,32H,5,15-17H2,1-4H3,(H,33,36)(H,34,37)/t25-,26+/m0/s1. The van der Waals surface area contributed by atoms with Gasteiger partial charge in [-0.15, -0.1) is 0 Å². The van der Waals surface area contributed by atoms with Crippen LogP contribution in [0.4, 0.5) is 0 Å². The second-order valence-corrected chi connectivity index (χ2v) is 10.2. The summed E-state index contributed by atoms with van der Waals surface area (Å²) in [4.78, 5) is 46.7.